The molecule has 1 aliphatic rings. The summed E-state index contributed by atoms with van der Waals surface area (Å²) in [7, 11) is 0. The van der Waals surface area contributed by atoms with Crippen molar-refractivity contribution in [2.75, 3.05) is 26.2 Å². The first-order valence-electron chi connectivity index (χ1n) is 11.1. The molecule has 4 aromatic rings. The molecule has 0 aliphatic carbocycles. The summed E-state index contributed by atoms with van der Waals surface area (Å²) in [6.45, 7) is 5.17. The van der Waals surface area contributed by atoms with Crippen LogP contribution in [0.4, 0.5) is 4.39 Å². The van der Waals surface area contributed by atoms with Crippen LogP contribution in [0.2, 0.25) is 0 Å². The summed E-state index contributed by atoms with van der Waals surface area (Å²) in [5, 5.41) is 2.95. The maximum Gasteiger partial charge on any atom is 0.226 e. The molecule has 3 heterocycles. The van der Waals surface area contributed by atoms with Crippen molar-refractivity contribution in [3.63, 3.8) is 0 Å². The number of amides is 1. The van der Waals surface area contributed by atoms with Crippen molar-refractivity contribution in [2.24, 2.45) is 0 Å². The minimum Gasteiger partial charge on any atom is -0.441 e. The second-order valence-electron chi connectivity index (χ2n) is 8.32. The Kier molecular flexibility index (Phi) is 6.61. The zero-order valence-electron chi connectivity index (χ0n) is 18.7. The third-order valence-electron chi connectivity index (χ3n) is 5.79. The number of nitrogens with zero attached hydrogens (tertiary/aromatic N) is 4. The van der Waals surface area contributed by atoms with E-state index in [1.165, 1.54) is 29.4 Å². The van der Waals surface area contributed by atoms with Gasteiger partial charge in [-0.1, -0.05) is 6.07 Å². The number of oxazole rings is 1. The number of benzene rings is 2. The fraction of sp³-hybridized carbons (Fsp3) is 0.333. The molecule has 10 heteroatoms. The van der Waals surface area contributed by atoms with E-state index < -0.39 is 0 Å². The number of carbonyl (C=O) groups excluding carboxylic acids is 1. The standard InChI is InChI=1S/C24H24FN5O3S/c1-15-21(27-24(33-15)17-3-5-18(25)6-4-17)11-23(31)26-12-19-14-30(8-9-32-19)13-16-2-7-20-22(10-16)29-34-28-20/h2-7,10,19H,8-9,11-14H2,1H3,(H,26,31)/t19-/m0/s1. The van der Waals surface area contributed by atoms with Crippen molar-refractivity contribution < 1.29 is 18.3 Å². The van der Waals surface area contributed by atoms with Crippen molar-refractivity contribution in [3.05, 3.63) is 65.3 Å². The van der Waals surface area contributed by atoms with Crippen molar-refractivity contribution in [2.45, 2.75) is 26.0 Å². The average molecular weight is 482 g/mol. The summed E-state index contributed by atoms with van der Waals surface area (Å²) in [6.07, 6.45) is 0.0184. The Morgan fingerprint density at radius 3 is 2.88 bits per heavy atom. The molecule has 8 nitrogen and oxygen atoms in total. The van der Waals surface area contributed by atoms with Crippen LogP contribution >= 0.6 is 11.7 Å². The van der Waals surface area contributed by atoms with Crippen molar-refractivity contribution >= 4 is 28.7 Å². The molecule has 5 rings (SSSR count). The minimum absolute atomic E-state index is 0.0875. The third-order valence-corrected chi connectivity index (χ3v) is 6.34. The molecule has 0 saturated carbocycles. The van der Waals surface area contributed by atoms with Crippen LogP contribution in [0.25, 0.3) is 22.5 Å². The van der Waals surface area contributed by atoms with Crippen molar-refractivity contribution in [3.8, 4) is 11.5 Å². The van der Waals surface area contributed by atoms with E-state index in [1.54, 1.807) is 19.1 Å². The zero-order valence-corrected chi connectivity index (χ0v) is 19.5. The number of aryl methyl sites for hydroxylation is 1. The summed E-state index contributed by atoms with van der Waals surface area (Å²) in [4.78, 5) is 19.3. The van der Waals surface area contributed by atoms with Gasteiger partial charge in [0, 0.05) is 31.7 Å². The number of ether oxygens (including phenoxy) is 1. The van der Waals surface area contributed by atoms with E-state index in [2.05, 4.69) is 36.1 Å². The SMILES string of the molecule is Cc1oc(-c2ccc(F)cc2)nc1CC(=O)NC[C@H]1CN(Cc2ccc3nsnc3c2)CCO1. The molecule has 0 bridgehead atoms. The van der Waals surface area contributed by atoms with Crippen LogP contribution in [0, 0.1) is 12.7 Å². The van der Waals surface area contributed by atoms with Gasteiger partial charge in [-0.3, -0.25) is 9.69 Å². The summed E-state index contributed by atoms with van der Waals surface area (Å²) in [6, 6.07) is 12.1. The minimum atomic E-state index is -0.326. The highest BCUT2D eigenvalue weighted by molar-refractivity contribution is 7.00. The Morgan fingerprint density at radius 1 is 1.21 bits per heavy atom. The van der Waals surface area contributed by atoms with Gasteiger partial charge >= 0.3 is 0 Å². The number of fused-ring (bicyclic) bond motifs is 1. The number of aromatic nitrogens is 3. The molecule has 1 amide bonds. The Balaban J connectivity index is 1.13. The lowest BCUT2D eigenvalue weighted by Gasteiger charge is -2.33. The fourth-order valence-electron chi connectivity index (χ4n) is 3.98. The van der Waals surface area contributed by atoms with Crippen LogP contribution in [-0.2, 0) is 22.5 Å². The predicted molar refractivity (Wildman–Crippen MR) is 126 cm³/mol. The van der Waals surface area contributed by atoms with E-state index in [4.69, 9.17) is 9.15 Å². The predicted octanol–water partition coefficient (Wildman–Crippen LogP) is 3.35. The second kappa shape index (κ2) is 9.96. The molecule has 0 radical (unpaired) electrons. The maximum absolute atomic E-state index is 13.2. The lowest BCUT2D eigenvalue weighted by molar-refractivity contribution is -0.121. The number of halogens is 1. The molecule has 2 aromatic heterocycles. The molecular formula is C24H24FN5O3S. The number of carbonyl (C=O) groups is 1. The molecule has 1 N–H and O–H groups in total. The van der Waals surface area contributed by atoms with E-state index >= 15 is 0 Å². The lowest BCUT2D eigenvalue weighted by Crippen LogP contribution is -2.47. The monoisotopic (exact) mass is 481 g/mol. The average Bonchev–Trinajstić information content (AvgIpc) is 3.45. The maximum atomic E-state index is 13.2. The molecule has 0 unspecified atom stereocenters. The zero-order chi connectivity index (χ0) is 23.5. The van der Waals surface area contributed by atoms with Crippen molar-refractivity contribution in [1.82, 2.24) is 23.9 Å². The third kappa shape index (κ3) is 5.30. The van der Waals surface area contributed by atoms with Crippen LogP contribution in [0.5, 0.6) is 0 Å². The first-order valence-corrected chi connectivity index (χ1v) is 11.8. The first-order chi connectivity index (χ1) is 16.5. The number of rotatable bonds is 7. The Hall–Kier alpha value is -3.21. The van der Waals surface area contributed by atoms with Gasteiger partial charge in [0.2, 0.25) is 11.8 Å². The molecule has 1 aliphatic heterocycles. The van der Waals surface area contributed by atoms with Gasteiger partial charge < -0.3 is 14.5 Å². The van der Waals surface area contributed by atoms with Gasteiger partial charge in [-0.05, 0) is 48.9 Å². The first kappa shape index (κ1) is 22.6. The summed E-state index contributed by atoms with van der Waals surface area (Å²) >= 11 is 1.22. The van der Waals surface area contributed by atoms with Crippen LogP contribution in [0.3, 0.4) is 0 Å². The summed E-state index contributed by atoms with van der Waals surface area (Å²) in [5.41, 5.74) is 4.25. The smallest absolute Gasteiger partial charge is 0.226 e. The quantitative estimate of drug-likeness (QED) is 0.433. The van der Waals surface area contributed by atoms with Crippen LogP contribution in [0.1, 0.15) is 17.0 Å². The molecule has 1 atom stereocenters. The van der Waals surface area contributed by atoms with Gasteiger partial charge in [0.15, 0.2) is 0 Å². The molecule has 1 saturated heterocycles. The molecular weight excluding hydrogens is 457 g/mol. The van der Waals surface area contributed by atoms with Crippen LogP contribution in [-0.4, -0.2) is 56.9 Å². The number of morpholine rings is 1. The number of hydrogen-bond acceptors (Lipinski definition) is 8. The largest absolute Gasteiger partial charge is 0.441 e. The van der Waals surface area contributed by atoms with E-state index in [0.717, 1.165) is 30.7 Å². The Labute approximate surface area is 200 Å². The highest BCUT2D eigenvalue weighted by atomic mass is 32.1. The Morgan fingerprint density at radius 2 is 2.03 bits per heavy atom. The van der Waals surface area contributed by atoms with Crippen LogP contribution < -0.4 is 5.32 Å². The highest BCUT2D eigenvalue weighted by Crippen LogP contribution is 2.22. The van der Waals surface area contributed by atoms with E-state index in [9.17, 15) is 9.18 Å². The fourth-order valence-corrected chi connectivity index (χ4v) is 4.50. The van der Waals surface area contributed by atoms with Gasteiger partial charge in [-0.15, -0.1) is 0 Å². The van der Waals surface area contributed by atoms with Gasteiger partial charge in [0.25, 0.3) is 0 Å². The Bertz CT molecular complexity index is 1290. The lowest BCUT2D eigenvalue weighted by atomic mass is 10.1. The van der Waals surface area contributed by atoms with Gasteiger partial charge in [-0.25, -0.2) is 9.37 Å². The molecule has 34 heavy (non-hydrogen) atoms. The van der Waals surface area contributed by atoms with E-state index in [-0.39, 0.29) is 24.2 Å². The van der Waals surface area contributed by atoms with Gasteiger partial charge in [-0.2, -0.15) is 8.75 Å². The van der Waals surface area contributed by atoms with Crippen molar-refractivity contribution in [1.29, 1.82) is 0 Å². The molecule has 0 spiro atoms. The van der Waals surface area contributed by atoms with Crippen LogP contribution in [0.15, 0.2) is 46.9 Å². The van der Waals surface area contributed by atoms with E-state index in [1.807, 2.05) is 6.07 Å². The number of nitrogens with one attached hydrogen (secondary N) is 1. The highest BCUT2D eigenvalue weighted by Gasteiger charge is 2.22. The summed E-state index contributed by atoms with van der Waals surface area (Å²) in [5.74, 6) is 0.470. The topological polar surface area (TPSA) is 93.4 Å². The second-order valence-corrected chi connectivity index (χ2v) is 8.85. The van der Waals surface area contributed by atoms with Gasteiger partial charge in [0.05, 0.1) is 36.6 Å². The molecule has 176 valence electrons. The molecule has 1 fully saturated rings. The van der Waals surface area contributed by atoms with Gasteiger partial charge in [0.1, 0.15) is 22.6 Å². The van der Waals surface area contributed by atoms with E-state index in [0.29, 0.717) is 36.1 Å². The molecule has 2 aromatic carbocycles. The normalized spacial score (nSPS) is 16.7. The number of hydrogen-bond donors (Lipinski definition) is 1. The summed E-state index contributed by atoms with van der Waals surface area (Å²) < 4.78 is 33.2.